The van der Waals surface area contributed by atoms with Crippen molar-refractivity contribution in [1.82, 2.24) is 9.97 Å². The van der Waals surface area contributed by atoms with Crippen molar-refractivity contribution in [3.8, 4) is 0 Å². The molecular formula is C11H16N4S. The number of nitrogen functional groups attached to an aromatic ring is 1. The fraction of sp³-hybridized carbons (Fsp3) is 0.455. The highest BCUT2D eigenvalue weighted by Crippen LogP contribution is 2.26. The van der Waals surface area contributed by atoms with Gasteiger partial charge in [0.05, 0.1) is 5.39 Å². The van der Waals surface area contributed by atoms with E-state index in [9.17, 15) is 0 Å². The fourth-order valence-corrected chi connectivity index (χ4v) is 2.13. The minimum atomic E-state index is 0.210. The van der Waals surface area contributed by atoms with Gasteiger partial charge in [0.2, 0.25) is 5.95 Å². The molecule has 0 aromatic carbocycles. The van der Waals surface area contributed by atoms with E-state index in [1.54, 1.807) is 11.3 Å². The summed E-state index contributed by atoms with van der Waals surface area (Å²) < 4.78 is 0. The third-order valence-electron chi connectivity index (χ3n) is 2.13. The molecule has 0 radical (unpaired) electrons. The molecule has 0 fully saturated rings. The third kappa shape index (κ3) is 2.41. The van der Waals surface area contributed by atoms with E-state index in [-0.39, 0.29) is 5.41 Å². The summed E-state index contributed by atoms with van der Waals surface area (Å²) in [7, 11) is 0. The largest absolute Gasteiger partial charge is 0.369 e. The smallest absolute Gasteiger partial charge is 0.223 e. The standard InChI is InChI=1S/C11H16N4S/c1-11(2,3)6-13-8-7-4-5-16-9(7)15-10(12)14-8/h4-5H,6H2,1-3H3,(H3,12,13,14,15). The molecule has 0 spiro atoms. The Morgan fingerprint density at radius 2 is 2.12 bits per heavy atom. The van der Waals surface area contributed by atoms with Gasteiger partial charge in [0.25, 0.3) is 0 Å². The second-order valence-electron chi connectivity index (χ2n) is 4.98. The monoisotopic (exact) mass is 236 g/mol. The Kier molecular flexibility index (Phi) is 2.71. The Morgan fingerprint density at radius 1 is 1.38 bits per heavy atom. The SMILES string of the molecule is CC(C)(C)CNc1nc(N)nc2sccc12. The summed E-state index contributed by atoms with van der Waals surface area (Å²) in [5.74, 6) is 1.16. The Bertz CT molecular complexity index is 498. The van der Waals surface area contributed by atoms with Crippen molar-refractivity contribution in [3.05, 3.63) is 11.4 Å². The van der Waals surface area contributed by atoms with Gasteiger partial charge < -0.3 is 11.1 Å². The summed E-state index contributed by atoms with van der Waals surface area (Å²) in [6.45, 7) is 7.38. The maximum absolute atomic E-state index is 5.67. The lowest BCUT2D eigenvalue weighted by Crippen LogP contribution is -2.20. The van der Waals surface area contributed by atoms with Crippen LogP contribution in [0.3, 0.4) is 0 Å². The lowest BCUT2D eigenvalue weighted by molar-refractivity contribution is 0.442. The third-order valence-corrected chi connectivity index (χ3v) is 2.94. The Balaban J connectivity index is 2.32. The van der Waals surface area contributed by atoms with Gasteiger partial charge in [0.15, 0.2) is 0 Å². The van der Waals surface area contributed by atoms with E-state index in [1.807, 2.05) is 11.4 Å². The van der Waals surface area contributed by atoms with Gasteiger partial charge >= 0.3 is 0 Å². The molecule has 0 saturated carbocycles. The van der Waals surface area contributed by atoms with Gasteiger partial charge in [-0.1, -0.05) is 20.8 Å². The van der Waals surface area contributed by atoms with Crippen LogP contribution in [-0.2, 0) is 0 Å². The zero-order valence-electron chi connectivity index (χ0n) is 9.74. The van der Waals surface area contributed by atoms with Crippen molar-refractivity contribution >= 4 is 33.3 Å². The molecule has 4 nitrogen and oxygen atoms in total. The molecular weight excluding hydrogens is 220 g/mol. The second-order valence-corrected chi connectivity index (χ2v) is 5.88. The Morgan fingerprint density at radius 3 is 2.81 bits per heavy atom. The number of nitrogens with one attached hydrogen (secondary N) is 1. The second kappa shape index (κ2) is 3.90. The summed E-state index contributed by atoms with van der Waals surface area (Å²) >= 11 is 1.58. The van der Waals surface area contributed by atoms with Crippen LogP contribution in [-0.4, -0.2) is 16.5 Å². The minimum Gasteiger partial charge on any atom is -0.369 e. The number of fused-ring (bicyclic) bond motifs is 1. The van der Waals surface area contributed by atoms with Gasteiger partial charge in [-0.2, -0.15) is 4.98 Å². The number of hydrogen-bond donors (Lipinski definition) is 2. The average Bonchev–Trinajstić information content (AvgIpc) is 2.60. The first-order valence-corrected chi connectivity index (χ1v) is 6.08. The number of anilines is 2. The molecule has 0 aliphatic heterocycles. The molecule has 2 aromatic heterocycles. The Hall–Kier alpha value is -1.36. The molecule has 0 aliphatic rings. The van der Waals surface area contributed by atoms with Crippen LogP contribution < -0.4 is 11.1 Å². The van der Waals surface area contributed by atoms with Crippen LogP contribution in [0, 0.1) is 5.41 Å². The molecule has 86 valence electrons. The normalized spacial score (nSPS) is 11.9. The number of hydrogen-bond acceptors (Lipinski definition) is 5. The van der Waals surface area contributed by atoms with Crippen LogP contribution in [0.25, 0.3) is 10.2 Å². The van der Waals surface area contributed by atoms with Crippen LogP contribution in [0.5, 0.6) is 0 Å². The van der Waals surface area contributed by atoms with Crippen molar-refractivity contribution in [2.75, 3.05) is 17.6 Å². The summed E-state index contributed by atoms with van der Waals surface area (Å²) in [6, 6.07) is 2.02. The van der Waals surface area contributed by atoms with Crippen LogP contribution in [0.1, 0.15) is 20.8 Å². The predicted octanol–water partition coefficient (Wildman–Crippen LogP) is 2.73. The Labute approximate surface area is 98.9 Å². The van der Waals surface area contributed by atoms with E-state index in [1.165, 1.54) is 0 Å². The van der Waals surface area contributed by atoms with Crippen molar-refractivity contribution in [2.24, 2.45) is 5.41 Å². The van der Waals surface area contributed by atoms with Crippen LogP contribution >= 0.6 is 11.3 Å². The highest BCUT2D eigenvalue weighted by molar-refractivity contribution is 7.16. The van der Waals surface area contributed by atoms with Crippen molar-refractivity contribution < 1.29 is 0 Å². The molecule has 0 atom stereocenters. The van der Waals surface area contributed by atoms with Gasteiger partial charge in [0.1, 0.15) is 10.6 Å². The van der Waals surface area contributed by atoms with E-state index in [2.05, 4.69) is 36.1 Å². The molecule has 2 aromatic rings. The van der Waals surface area contributed by atoms with Gasteiger partial charge in [-0.25, -0.2) is 4.98 Å². The number of rotatable bonds is 2. The molecule has 5 heteroatoms. The summed E-state index contributed by atoms with van der Waals surface area (Å²) in [5.41, 5.74) is 5.88. The maximum atomic E-state index is 5.67. The topological polar surface area (TPSA) is 63.8 Å². The lowest BCUT2D eigenvalue weighted by atomic mass is 9.97. The van der Waals surface area contributed by atoms with E-state index in [0.717, 1.165) is 22.6 Å². The fourth-order valence-electron chi connectivity index (χ4n) is 1.36. The summed E-state index contributed by atoms with van der Waals surface area (Å²) in [6.07, 6.45) is 0. The van der Waals surface area contributed by atoms with Crippen molar-refractivity contribution in [2.45, 2.75) is 20.8 Å². The quantitative estimate of drug-likeness (QED) is 0.841. The number of nitrogens with two attached hydrogens (primary N) is 1. The molecule has 2 heterocycles. The van der Waals surface area contributed by atoms with E-state index >= 15 is 0 Å². The number of nitrogens with zero attached hydrogens (tertiary/aromatic N) is 2. The zero-order valence-corrected chi connectivity index (χ0v) is 10.6. The number of thiophene rings is 1. The van der Waals surface area contributed by atoms with Crippen LogP contribution in [0.2, 0.25) is 0 Å². The van der Waals surface area contributed by atoms with E-state index in [0.29, 0.717) is 5.95 Å². The molecule has 3 N–H and O–H groups in total. The lowest BCUT2D eigenvalue weighted by Gasteiger charge is -2.19. The minimum absolute atomic E-state index is 0.210. The first-order chi connectivity index (χ1) is 7.46. The molecule has 0 amide bonds. The molecule has 2 rings (SSSR count). The summed E-state index contributed by atoms with van der Waals surface area (Å²) in [5, 5.41) is 6.38. The van der Waals surface area contributed by atoms with Gasteiger partial charge in [0, 0.05) is 6.54 Å². The number of aromatic nitrogens is 2. The molecule has 0 aliphatic carbocycles. The molecule has 0 unspecified atom stereocenters. The van der Waals surface area contributed by atoms with Gasteiger partial charge in [-0.3, -0.25) is 0 Å². The van der Waals surface area contributed by atoms with Crippen molar-refractivity contribution in [3.63, 3.8) is 0 Å². The first-order valence-electron chi connectivity index (χ1n) is 5.20. The summed E-state index contributed by atoms with van der Waals surface area (Å²) in [4.78, 5) is 9.36. The van der Waals surface area contributed by atoms with E-state index < -0.39 is 0 Å². The predicted molar refractivity (Wildman–Crippen MR) is 69.8 cm³/mol. The molecule has 0 saturated heterocycles. The van der Waals surface area contributed by atoms with Crippen LogP contribution in [0.15, 0.2) is 11.4 Å². The highest BCUT2D eigenvalue weighted by Gasteiger charge is 2.12. The molecule has 0 bridgehead atoms. The maximum Gasteiger partial charge on any atom is 0.223 e. The van der Waals surface area contributed by atoms with Gasteiger partial charge in [-0.15, -0.1) is 11.3 Å². The van der Waals surface area contributed by atoms with Crippen LogP contribution in [0.4, 0.5) is 11.8 Å². The zero-order chi connectivity index (χ0) is 11.8. The highest BCUT2D eigenvalue weighted by atomic mass is 32.1. The molecule has 16 heavy (non-hydrogen) atoms. The van der Waals surface area contributed by atoms with Crippen molar-refractivity contribution in [1.29, 1.82) is 0 Å². The first kappa shape index (κ1) is 11.1. The van der Waals surface area contributed by atoms with Gasteiger partial charge in [-0.05, 0) is 16.9 Å². The average molecular weight is 236 g/mol. The van der Waals surface area contributed by atoms with E-state index in [4.69, 9.17) is 5.73 Å².